The van der Waals surface area contributed by atoms with Crippen LogP contribution in [0, 0.1) is 11.8 Å². The Morgan fingerprint density at radius 2 is 1.46 bits per heavy atom. The number of carbonyl (C=O) groups is 1. The minimum atomic E-state index is -0.886. The van der Waals surface area contributed by atoms with Gasteiger partial charge in [-0.25, -0.2) is 0 Å². The predicted octanol–water partition coefficient (Wildman–Crippen LogP) is 4.59. The van der Waals surface area contributed by atoms with Gasteiger partial charge < -0.3 is 57.2 Å². The van der Waals surface area contributed by atoms with Gasteiger partial charge in [0, 0.05) is 31.6 Å². The van der Waals surface area contributed by atoms with Crippen molar-refractivity contribution < 1.29 is 62.0 Å². The Kier molecular flexibility index (Phi) is 10.1. The van der Waals surface area contributed by atoms with Gasteiger partial charge in [-0.1, -0.05) is 27.0 Å². The Balaban J connectivity index is 0.922. The summed E-state index contributed by atoms with van der Waals surface area (Å²) < 4.78 is 72.4. The van der Waals surface area contributed by atoms with Crippen molar-refractivity contribution in [3.63, 3.8) is 0 Å². The number of fused-ring (bicyclic) bond motifs is 6. The van der Waals surface area contributed by atoms with E-state index >= 15 is 0 Å². The lowest BCUT2D eigenvalue weighted by atomic mass is 9.80. The number of aliphatic hydroxyl groups excluding tert-OH is 1. The lowest BCUT2D eigenvalue weighted by Gasteiger charge is -2.47. The third kappa shape index (κ3) is 7.06. The molecule has 0 radical (unpaired) electrons. The number of carbonyl (C=O) groups excluding carboxylic acids is 1. The van der Waals surface area contributed by atoms with Gasteiger partial charge in [0.05, 0.1) is 80.2 Å². The van der Waals surface area contributed by atoms with Gasteiger partial charge in [-0.2, -0.15) is 0 Å². The standard InChI is InChI=1S/C43H62O13/c1-20-13-24-7-9-28-21(2)14-26(47-28)11-12-43-18-33-38(55-43)39-40(52-33)41(56-43)37-29(51-39)10-8-25(49-37)16-34(44)53-36-23(4)35(45)31(15-27-19-46-42(5,6)54-27)50-32(36)17-30(48-24)22(20)3/h20,23-33,35-41,45H,2-3,7-19H2,1,4-6H3. The molecule has 0 saturated carbocycles. The maximum Gasteiger partial charge on any atom is 0.308 e. The summed E-state index contributed by atoms with van der Waals surface area (Å²) in [6.45, 7) is 17.3. The van der Waals surface area contributed by atoms with Crippen molar-refractivity contribution in [3.8, 4) is 0 Å². The van der Waals surface area contributed by atoms with Gasteiger partial charge >= 0.3 is 5.97 Å². The van der Waals surface area contributed by atoms with Crippen LogP contribution in [0.2, 0.25) is 0 Å². The van der Waals surface area contributed by atoms with E-state index < -0.39 is 54.1 Å². The highest BCUT2D eigenvalue weighted by atomic mass is 16.8. The van der Waals surface area contributed by atoms with Crippen LogP contribution in [0.25, 0.3) is 0 Å². The molecule has 0 aromatic rings. The maximum absolute atomic E-state index is 14.0. The molecule has 0 amide bonds. The number of hydrogen-bond donors (Lipinski definition) is 1. The number of rotatable bonds is 2. The summed E-state index contributed by atoms with van der Waals surface area (Å²) in [5.74, 6) is -2.07. The van der Waals surface area contributed by atoms with Crippen molar-refractivity contribution in [1.82, 2.24) is 0 Å². The molecular weight excluding hydrogens is 724 g/mol. The first-order valence-electron chi connectivity index (χ1n) is 21.6. The van der Waals surface area contributed by atoms with Crippen molar-refractivity contribution in [1.29, 1.82) is 0 Å². The highest BCUT2D eigenvalue weighted by Crippen LogP contribution is 2.54. The van der Waals surface area contributed by atoms with E-state index in [2.05, 4.69) is 20.1 Å². The zero-order valence-electron chi connectivity index (χ0n) is 33.4. The molecule has 13 heteroatoms. The SMILES string of the molecule is C=C1CC2CCC34CC5OC6C(OC7CCC(CC(=O)OC8C(CC9OC(CCC1O2)CC(C)C9=C)OC(CC1COC(C)(C)O1)C(O)C8C)OC7C6O3)C5O4. The molecule has 0 aliphatic carbocycles. The first kappa shape index (κ1) is 38.7. The third-order valence-electron chi connectivity index (χ3n) is 14.8. The van der Waals surface area contributed by atoms with Gasteiger partial charge in [-0.15, -0.1) is 0 Å². The van der Waals surface area contributed by atoms with Crippen LogP contribution in [0.15, 0.2) is 24.3 Å². The molecule has 13 nitrogen and oxygen atoms in total. The van der Waals surface area contributed by atoms with Crippen LogP contribution in [-0.4, -0.2) is 133 Å². The molecule has 0 aromatic carbocycles. The van der Waals surface area contributed by atoms with Crippen LogP contribution in [0.1, 0.15) is 105 Å². The summed E-state index contributed by atoms with van der Waals surface area (Å²) in [7, 11) is 0. The zero-order valence-corrected chi connectivity index (χ0v) is 33.4. The molecule has 12 bridgehead atoms. The molecule has 11 rings (SSSR count). The smallest absolute Gasteiger partial charge is 0.308 e. The highest BCUT2D eigenvalue weighted by molar-refractivity contribution is 5.70. The quantitative estimate of drug-likeness (QED) is 0.309. The van der Waals surface area contributed by atoms with Gasteiger partial charge in [0.2, 0.25) is 0 Å². The Hall–Kier alpha value is -1.49. The van der Waals surface area contributed by atoms with Gasteiger partial charge in [0.1, 0.15) is 36.6 Å². The second-order valence-corrected chi connectivity index (χ2v) is 19.2. The van der Waals surface area contributed by atoms with Crippen LogP contribution in [-0.2, 0) is 56.9 Å². The summed E-state index contributed by atoms with van der Waals surface area (Å²) in [5.41, 5.74) is 2.14. The van der Waals surface area contributed by atoms with E-state index in [1.807, 2.05) is 20.8 Å². The summed E-state index contributed by atoms with van der Waals surface area (Å²) >= 11 is 0. The molecule has 20 unspecified atom stereocenters. The summed E-state index contributed by atoms with van der Waals surface area (Å²) in [5, 5.41) is 11.7. The zero-order chi connectivity index (χ0) is 38.7. The van der Waals surface area contributed by atoms with Crippen LogP contribution in [0.4, 0.5) is 0 Å². The topological polar surface area (TPSA) is 139 Å². The van der Waals surface area contributed by atoms with E-state index in [0.29, 0.717) is 38.7 Å². The molecule has 11 fully saturated rings. The molecule has 11 aliphatic heterocycles. The predicted molar refractivity (Wildman–Crippen MR) is 197 cm³/mol. The van der Waals surface area contributed by atoms with Crippen molar-refractivity contribution in [2.75, 3.05) is 6.61 Å². The fourth-order valence-corrected chi connectivity index (χ4v) is 11.8. The van der Waals surface area contributed by atoms with E-state index in [9.17, 15) is 9.90 Å². The Labute approximate surface area is 330 Å². The average Bonchev–Trinajstić information content (AvgIpc) is 3.84. The normalized spacial score (nSPS) is 54.0. The molecule has 1 spiro atoms. The Morgan fingerprint density at radius 3 is 2.29 bits per heavy atom. The third-order valence-corrected chi connectivity index (χ3v) is 14.8. The Bertz CT molecular complexity index is 1540. The van der Waals surface area contributed by atoms with E-state index in [0.717, 1.165) is 49.7 Å². The molecular formula is C43H62O13. The monoisotopic (exact) mass is 786 g/mol. The number of aliphatic hydroxyl groups is 1. The molecule has 20 atom stereocenters. The van der Waals surface area contributed by atoms with Crippen LogP contribution < -0.4 is 0 Å². The molecule has 1 N–H and O–H groups in total. The largest absolute Gasteiger partial charge is 0.459 e. The fraction of sp³-hybridized carbons (Fsp3) is 0.884. The number of ether oxygens (including phenoxy) is 11. The van der Waals surface area contributed by atoms with E-state index in [1.54, 1.807) is 0 Å². The van der Waals surface area contributed by atoms with Gasteiger partial charge in [-0.3, -0.25) is 4.79 Å². The molecule has 11 aliphatic rings. The van der Waals surface area contributed by atoms with Gasteiger partial charge in [0.15, 0.2) is 11.6 Å². The molecule has 11 saturated heterocycles. The van der Waals surface area contributed by atoms with Crippen molar-refractivity contribution in [2.45, 2.75) is 220 Å². The summed E-state index contributed by atoms with van der Waals surface area (Å²) in [6, 6.07) is 0. The average molecular weight is 787 g/mol. The lowest BCUT2D eigenvalue weighted by Crippen LogP contribution is -2.61. The minimum absolute atomic E-state index is 0.00105. The Morgan fingerprint density at radius 1 is 0.714 bits per heavy atom. The molecule has 0 aromatic heterocycles. The van der Waals surface area contributed by atoms with Crippen LogP contribution in [0.3, 0.4) is 0 Å². The molecule has 312 valence electrons. The van der Waals surface area contributed by atoms with E-state index in [1.165, 1.54) is 0 Å². The van der Waals surface area contributed by atoms with E-state index in [-0.39, 0.29) is 85.5 Å². The first-order valence-corrected chi connectivity index (χ1v) is 21.6. The minimum Gasteiger partial charge on any atom is -0.459 e. The first-order chi connectivity index (χ1) is 26.8. The van der Waals surface area contributed by atoms with Crippen molar-refractivity contribution in [2.24, 2.45) is 11.8 Å². The van der Waals surface area contributed by atoms with E-state index in [4.69, 9.17) is 52.1 Å². The number of hydrogen-bond acceptors (Lipinski definition) is 13. The summed E-state index contributed by atoms with van der Waals surface area (Å²) in [4.78, 5) is 14.0. The van der Waals surface area contributed by atoms with Crippen LogP contribution >= 0.6 is 0 Å². The van der Waals surface area contributed by atoms with Crippen molar-refractivity contribution >= 4 is 5.97 Å². The van der Waals surface area contributed by atoms with Gasteiger partial charge in [-0.05, 0) is 75.9 Å². The second-order valence-electron chi connectivity index (χ2n) is 19.2. The second kappa shape index (κ2) is 14.6. The van der Waals surface area contributed by atoms with Gasteiger partial charge in [0.25, 0.3) is 0 Å². The molecule has 11 heterocycles. The van der Waals surface area contributed by atoms with Crippen molar-refractivity contribution in [3.05, 3.63) is 24.3 Å². The summed E-state index contributed by atoms with van der Waals surface area (Å²) in [6.07, 6.45) is 2.42. The van der Waals surface area contributed by atoms with Crippen LogP contribution in [0.5, 0.6) is 0 Å². The highest BCUT2D eigenvalue weighted by Gasteiger charge is 2.69. The fourth-order valence-electron chi connectivity index (χ4n) is 11.8. The molecule has 56 heavy (non-hydrogen) atoms. The number of esters is 1. The maximum atomic E-state index is 14.0. The lowest BCUT2D eigenvalue weighted by molar-refractivity contribution is -0.293.